The second-order valence-corrected chi connectivity index (χ2v) is 5.42. The van der Waals surface area contributed by atoms with Crippen LogP contribution in [0.15, 0.2) is 77.3 Å². The van der Waals surface area contributed by atoms with Crippen molar-refractivity contribution in [3.63, 3.8) is 0 Å². The third-order valence-electron chi connectivity index (χ3n) is 3.74. The molecular weight excluding hydrogens is 302 g/mol. The van der Waals surface area contributed by atoms with Crippen LogP contribution >= 0.6 is 0 Å². The van der Waals surface area contributed by atoms with E-state index in [1.807, 2.05) is 66.9 Å². The summed E-state index contributed by atoms with van der Waals surface area (Å²) >= 11 is 0. The van der Waals surface area contributed by atoms with E-state index in [0.717, 1.165) is 16.8 Å². The van der Waals surface area contributed by atoms with Gasteiger partial charge in [-0.2, -0.15) is 5.10 Å². The number of nitrogens with zero attached hydrogens (tertiary/aromatic N) is 2. The Morgan fingerprint density at radius 1 is 1.04 bits per heavy atom. The summed E-state index contributed by atoms with van der Waals surface area (Å²) in [4.78, 5) is 12.2. The smallest absolute Gasteiger partial charge is 0.287 e. The fourth-order valence-corrected chi connectivity index (χ4v) is 2.53. The Morgan fingerprint density at radius 3 is 2.67 bits per heavy atom. The molecule has 0 aliphatic heterocycles. The van der Waals surface area contributed by atoms with Crippen molar-refractivity contribution in [2.24, 2.45) is 0 Å². The average molecular weight is 317 g/mol. The molecule has 2 aromatic heterocycles. The first kappa shape index (κ1) is 14.3. The maximum Gasteiger partial charge on any atom is 0.287 e. The molecule has 0 bridgehead atoms. The van der Waals surface area contributed by atoms with Gasteiger partial charge in [-0.25, -0.2) is 4.68 Å². The van der Waals surface area contributed by atoms with Gasteiger partial charge in [-0.1, -0.05) is 36.4 Å². The van der Waals surface area contributed by atoms with Gasteiger partial charge in [0.2, 0.25) is 0 Å². The van der Waals surface area contributed by atoms with Gasteiger partial charge >= 0.3 is 0 Å². The van der Waals surface area contributed by atoms with Crippen LogP contribution in [0.5, 0.6) is 0 Å². The predicted octanol–water partition coefficient (Wildman–Crippen LogP) is 3.55. The maximum atomic E-state index is 12.2. The lowest BCUT2D eigenvalue weighted by molar-refractivity contribution is 0.0925. The second kappa shape index (κ2) is 6.04. The molecule has 4 aromatic rings. The van der Waals surface area contributed by atoms with Crippen molar-refractivity contribution in [2.75, 3.05) is 0 Å². The number of fused-ring (bicyclic) bond motifs is 1. The zero-order valence-corrected chi connectivity index (χ0v) is 12.8. The molecule has 0 radical (unpaired) electrons. The third-order valence-corrected chi connectivity index (χ3v) is 3.74. The van der Waals surface area contributed by atoms with Crippen molar-refractivity contribution in [2.45, 2.75) is 6.54 Å². The molecule has 24 heavy (non-hydrogen) atoms. The lowest BCUT2D eigenvalue weighted by Gasteiger charge is -2.01. The number of carbonyl (C=O) groups excluding carboxylic acids is 1. The summed E-state index contributed by atoms with van der Waals surface area (Å²) in [5.74, 6) is 0.0548. The van der Waals surface area contributed by atoms with Gasteiger partial charge in [0.1, 0.15) is 5.58 Å². The first-order chi connectivity index (χ1) is 11.8. The number of hydrogen-bond donors (Lipinski definition) is 1. The first-order valence-corrected chi connectivity index (χ1v) is 7.66. The number of amides is 1. The Morgan fingerprint density at radius 2 is 1.83 bits per heavy atom. The highest BCUT2D eigenvalue weighted by atomic mass is 16.3. The number of para-hydroxylation sites is 2. The van der Waals surface area contributed by atoms with Crippen LogP contribution in [0.25, 0.3) is 16.7 Å². The summed E-state index contributed by atoms with van der Waals surface area (Å²) in [5.41, 5.74) is 2.46. The van der Waals surface area contributed by atoms with E-state index in [1.54, 1.807) is 10.7 Å². The van der Waals surface area contributed by atoms with E-state index < -0.39 is 0 Å². The number of carbonyl (C=O) groups is 1. The number of rotatable bonds is 4. The van der Waals surface area contributed by atoms with Gasteiger partial charge in [-0.15, -0.1) is 0 Å². The highest BCUT2D eigenvalue weighted by Gasteiger charge is 2.12. The Hall–Kier alpha value is -3.34. The molecule has 0 fully saturated rings. The summed E-state index contributed by atoms with van der Waals surface area (Å²) in [6.45, 7) is 0.343. The Labute approximate surface area is 138 Å². The van der Waals surface area contributed by atoms with E-state index in [1.165, 1.54) is 0 Å². The maximum absolute atomic E-state index is 12.2. The van der Waals surface area contributed by atoms with Crippen LogP contribution in [0.1, 0.15) is 16.2 Å². The highest BCUT2D eigenvalue weighted by molar-refractivity contribution is 5.95. The molecule has 0 aliphatic rings. The minimum absolute atomic E-state index is 0.250. The molecular formula is C19H15N3O2. The van der Waals surface area contributed by atoms with Gasteiger partial charge in [0, 0.05) is 11.6 Å². The molecule has 0 spiro atoms. The molecule has 5 heteroatoms. The zero-order chi connectivity index (χ0) is 16.4. The minimum atomic E-state index is -0.250. The van der Waals surface area contributed by atoms with Crippen LogP contribution in [-0.2, 0) is 6.54 Å². The van der Waals surface area contributed by atoms with E-state index in [2.05, 4.69) is 10.4 Å². The van der Waals surface area contributed by atoms with Crippen LogP contribution in [0.2, 0.25) is 0 Å². The SMILES string of the molecule is O=C(NCc1ccn(-c2ccccc2)n1)c1cc2ccccc2o1. The largest absolute Gasteiger partial charge is 0.451 e. The zero-order valence-electron chi connectivity index (χ0n) is 12.8. The topological polar surface area (TPSA) is 60.1 Å². The first-order valence-electron chi connectivity index (χ1n) is 7.66. The summed E-state index contributed by atoms with van der Waals surface area (Å²) in [7, 11) is 0. The number of benzene rings is 2. The summed E-state index contributed by atoms with van der Waals surface area (Å²) in [6.07, 6.45) is 1.87. The molecule has 0 saturated heterocycles. The molecule has 1 amide bonds. The Kier molecular flexibility index (Phi) is 3.59. The highest BCUT2D eigenvalue weighted by Crippen LogP contribution is 2.18. The van der Waals surface area contributed by atoms with E-state index in [-0.39, 0.29) is 5.91 Å². The molecule has 0 unspecified atom stereocenters. The van der Waals surface area contributed by atoms with Gasteiger partial charge in [0.15, 0.2) is 5.76 Å². The molecule has 2 heterocycles. The molecule has 5 nitrogen and oxygen atoms in total. The second-order valence-electron chi connectivity index (χ2n) is 5.42. The summed E-state index contributed by atoms with van der Waals surface area (Å²) < 4.78 is 7.34. The molecule has 4 rings (SSSR count). The molecule has 2 aromatic carbocycles. The van der Waals surface area contributed by atoms with Crippen molar-refractivity contribution in [1.29, 1.82) is 0 Å². The fourth-order valence-electron chi connectivity index (χ4n) is 2.53. The molecule has 0 atom stereocenters. The number of nitrogens with one attached hydrogen (secondary N) is 1. The average Bonchev–Trinajstić information content (AvgIpc) is 3.27. The molecule has 0 saturated carbocycles. The number of furan rings is 1. The van der Waals surface area contributed by atoms with Gasteiger partial charge in [-0.05, 0) is 30.3 Å². The summed E-state index contributed by atoms with van der Waals surface area (Å²) in [6, 6.07) is 21.0. The van der Waals surface area contributed by atoms with Crippen LogP contribution < -0.4 is 5.32 Å². The quantitative estimate of drug-likeness (QED) is 0.626. The predicted molar refractivity (Wildman–Crippen MR) is 90.9 cm³/mol. The lowest BCUT2D eigenvalue weighted by atomic mass is 10.2. The number of hydrogen-bond acceptors (Lipinski definition) is 3. The van der Waals surface area contributed by atoms with Crippen LogP contribution in [0, 0.1) is 0 Å². The monoisotopic (exact) mass is 317 g/mol. The molecule has 118 valence electrons. The number of aromatic nitrogens is 2. The minimum Gasteiger partial charge on any atom is -0.451 e. The van der Waals surface area contributed by atoms with Gasteiger partial charge in [-0.3, -0.25) is 4.79 Å². The van der Waals surface area contributed by atoms with Crippen molar-refractivity contribution in [3.8, 4) is 5.69 Å². The van der Waals surface area contributed by atoms with Gasteiger partial charge in [0.25, 0.3) is 5.91 Å². The van der Waals surface area contributed by atoms with E-state index in [0.29, 0.717) is 17.9 Å². The molecule has 0 aliphatic carbocycles. The van der Waals surface area contributed by atoms with Gasteiger partial charge < -0.3 is 9.73 Å². The van der Waals surface area contributed by atoms with Crippen LogP contribution in [0.4, 0.5) is 0 Å². The van der Waals surface area contributed by atoms with Crippen molar-refractivity contribution in [1.82, 2.24) is 15.1 Å². The van der Waals surface area contributed by atoms with Crippen molar-refractivity contribution in [3.05, 3.63) is 84.4 Å². The van der Waals surface area contributed by atoms with E-state index in [9.17, 15) is 4.79 Å². The standard InChI is InChI=1S/C19H15N3O2/c23-19(18-12-14-6-4-5-9-17(14)24-18)20-13-15-10-11-22(21-15)16-7-2-1-3-8-16/h1-12H,13H2,(H,20,23). The third kappa shape index (κ3) is 2.79. The van der Waals surface area contributed by atoms with E-state index >= 15 is 0 Å². The fraction of sp³-hybridized carbons (Fsp3) is 0.0526. The van der Waals surface area contributed by atoms with E-state index in [4.69, 9.17) is 4.42 Å². The Bertz CT molecular complexity index is 953. The summed E-state index contributed by atoms with van der Waals surface area (Å²) in [5, 5.41) is 8.21. The van der Waals surface area contributed by atoms with Gasteiger partial charge in [0.05, 0.1) is 17.9 Å². The Balaban J connectivity index is 1.45. The van der Waals surface area contributed by atoms with Crippen LogP contribution in [0.3, 0.4) is 0 Å². The van der Waals surface area contributed by atoms with Crippen LogP contribution in [-0.4, -0.2) is 15.7 Å². The lowest BCUT2D eigenvalue weighted by Crippen LogP contribution is -2.22. The normalized spacial score (nSPS) is 10.8. The van der Waals surface area contributed by atoms with Crippen molar-refractivity contribution < 1.29 is 9.21 Å². The molecule has 1 N–H and O–H groups in total. The van der Waals surface area contributed by atoms with Crippen molar-refractivity contribution >= 4 is 16.9 Å².